The van der Waals surface area contributed by atoms with Crippen LogP contribution in [0.1, 0.15) is 37.6 Å². The van der Waals surface area contributed by atoms with Gasteiger partial charge in [0.15, 0.2) is 5.82 Å². The van der Waals surface area contributed by atoms with Crippen molar-refractivity contribution in [1.82, 2.24) is 9.78 Å². The molecule has 4 nitrogen and oxygen atoms in total. The fourth-order valence-electron chi connectivity index (χ4n) is 2.50. The number of nitrogens with zero attached hydrogens (tertiary/aromatic N) is 3. The van der Waals surface area contributed by atoms with E-state index in [1.165, 1.54) is 0 Å². The average molecular weight is 307 g/mol. The Bertz CT molecular complexity index is 621. The van der Waals surface area contributed by atoms with E-state index in [1.807, 2.05) is 36.9 Å². The summed E-state index contributed by atoms with van der Waals surface area (Å²) in [6.45, 7) is 7.09. The van der Waals surface area contributed by atoms with Gasteiger partial charge in [0.25, 0.3) is 0 Å². The second kappa shape index (κ2) is 6.39. The summed E-state index contributed by atoms with van der Waals surface area (Å²) in [5.74, 6) is 0.974. The van der Waals surface area contributed by atoms with Crippen molar-refractivity contribution in [2.24, 2.45) is 0 Å². The molecule has 2 N–H and O–H groups in total. The zero-order valence-corrected chi connectivity index (χ0v) is 13.9. The molecule has 1 atom stereocenters. The third kappa shape index (κ3) is 3.16. The molecular weight excluding hydrogens is 284 g/mol. The molecule has 0 aliphatic rings. The molecule has 0 aliphatic carbocycles. The van der Waals surface area contributed by atoms with Crippen LogP contribution in [-0.4, -0.2) is 16.8 Å². The number of aryl methyl sites for hydroxylation is 2. The van der Waals surface area contributed by atoms with Crippen LogP contribution in [0.25, 0.3) is 0 Å². The monoisotopic (exact) mass is 306 g/mol. The van der Waals surface area contributed by atoms with Crippen molar-refractivity contribution in [2.45, 2.75) is 39.8 Å². The lowest BCUT2D eigenvalue weighted by molar-refractivity contribution is 0.579. The molecule has 1 aromatic carbocycles. The molecule has 1 unspecified atom stereocenters. The highest BCUT2D eigenvalue weighted by molar-refractivity contribution is 6.30. The number of rotatable bonds is 5. The first-order chi connectivity index (χ1) is 9.95. The number of hydrogen-bond acceptors (Lipinski definition) is 3. The summed E-state index contributed by atoms with van der Waals surface area (Å²) in [7, 11) is 2.05. The number of benzene rings is 1. The van der Waals surface area contributed by atoms with Crippen LogP contribution < -0.4 is 10.6 Å². The quantitative estimate of drug-likeness (QED) is 0.907. The van der Waals surface area contributed by atoms with Gasteiger partial charge in [-0.05, 0) is 38.0 Å². The van der Waals surface area contributed by atoms with E-state index >= 15 is 0 Å². The van der Waals surface area contributed by atoms with Crippen molar-refractivity contribution < 1.29 is 0 Å². The molecule has 0 radical (unpaired) electrons. The number of aromatic nitrogens is 2. The molecule has 0 bridgehead atoms. The van der Waals surface area contributed by atoms with Gasteiger partial charge in [0.05, 0.1) is 17.4 Å². The van der Waals surface area contributed by atoms with E-state index in [1.54, 1.807) is 0 Å². The minimum atomic E-state index is 0.165. The average Bonchev–Trinajstić information content (AvgIpc) is 2.73. The predicted molar refractivity (Wildman–Crippen MR) is 89.9 cm³/mol. The highest BCUT2D eigenvalue weighted by atomic mass is 35.5. The SMILES string of the molecule is CCCn1nc(C)c(N)c1N(C)C(C)c1cccc(Cl)c1. The molecule has 2 aromatic rings. The van der Waals surface area contributed by atoms with Gasteiger partial charge in [0.2, 0.25) is 0 Å². The molecule has 0 saturated carbocycles. The summed E-state index contributed by atoms with van der Waals surface area (Å²) in [4.78, 5) is 2.16. The van der Waals surface area contributed by atoms with E-state index in [2.05, 4.69) is 29.9 Å². The standard InChI is InChI=1S/C16H23ClN4/c1-5-9-21-16(15(18)11(2)19-21)20(4)12(3)13-7-6-8-14(17)10-13/h6-8,10,12H,5,9,18H2,1-4H3. The Morgan fingerprint density at radius 1 is 1.43 bits per heavy atom. The molecule has 0 aliphatic heterocycles. The maximum absolute atomic E-state index is 6.23. The maximum atomic E-state index is 6.23. The van der Waals surface area contributed by atoms with Gasteiger partial charge in [-0.25, -0.2) is 4.68 Å². The summed E-state index contributed by atoms with van der Waals surface area (Å²) in [6, 6.07) is 8.10. The van der Waals surface area contributed by atoms with Crippen LogP contribution in [0, 0.1) is 6.92 Å². The molecule has 0 spiro atoms. The van der Waals surface area contributed by atoms with Crippen molar-refractivity contribution in [1.29, 1.82) is 0 Å². The van der Waals surface area contributed by atoms with E-state index in [-0.39, 0.29) is 6.04 Å². The molecular formula is C16H23ClN4. The van der Waals surface area contributed by atoms with Crippen LogP contribution in [-0.2, 0) is 6.54 Å². The van der Waals surface area contributed by atoms with E-state index in [4.69, 9.17) is 17.3 Å². The molecule has 0 saturated heterocycles. The third-order valence-corrected chi connectivity index (χ3v) is 4.06. The Kier molecular flexibility index (Phi) is 4.78. The lowest BCUT2D eigenvalue weighted by atomic mass is 10.1. The summed E-state index contributed by atoms with van der Waals surface area (Å²) in [6.07, 6.45) is 1.02. The van der Waals surface area contributed by atoms with Crippen LogP contribution in [0.3, 0.4) is 0 Å². The van der Waals surface area contributed by atoms with Gasteiger partial charge in [-0.1, -0.05) is 30.7 Å². The van der Waals surface area contributed by atoms with Crippen molar-refractivity contribution in [3.05, 3.63) is 40.5 Å². The Morgan fingerprint density at radius 3 is 2.76 bits per heavy atom. The third-order valence-electron chi connectivity index (χ3n) is 3.83. The van der Waals surface area contributed by atoms with Crippen molar-refractivity contribution in [2.75, 3.05) is 17.7 Å². The topological polar surface area (TPSA) is 47.1 Å². The van der Waals surface area contributed by atoms with E-state index in [0.717, 1.165) is 40.8 Å². The van der Waals surface area contributed by atoms with Crippen LogP contribution in [0.5, 0.6) is 0 Å². The second-order valence-corrected chi connectivity index (χ2v) is 5.82. The van der Waals surface area contributed by atoms with Gasteiger partial charge >= 0.3 is 0 Å². The molecule has 1 aromatic heterocycles. The van der Waals surface area contributed by atoms with Crippen LogP contribution in [0.4, 0.5) is 11.5 Å². The van der Waals surface area contributed by atoms with E-state index in [9.17, 15) is 0 Å². The van der Waals surface area contributed by atoms with E-state index in [0.29, 0.717) is 0 Å². The minimum Gasteiger partial charge on any atom is -0.394 e. The minimum absolute atomic E-state index is 0.165. The van der Waals surface area contributed by atoms with Gasteiger partial charge in [0, 0.05) is 18.6 Å². The fourth-order valence-corrected chi connectivity index (χ4v) is 2.70. The lowest BCUT2D eigenvalue weighted by Gasteiger charge is -2.28. The smallest absolute Gasteiger partial charge is 0.150 e. The Balaban J connectivity index is 2.37. The van der Waals surface area contributed by atoms with Crippen LogP contribution in [0.15, 0.2) is 24.3 Å². The molecule has 5 heteroatoms. The second-order valence-electron chi connectivity index (χ2n) is 5.39. The van der Waals surface area contributed by atoms with Gasteiger partial charge in [0.1, 0.15) is 0 Å². The number of hydrogen-bond donors (Lipinski definition) is 1. The van der Waals surface area contributed by atoms with Crippen molar-refractivity contribution in [3.63, 3.8) is 0 Å². The number of nitrogens with two attached hydrogens (primary N) is 1. The molecule has 0 fully saturated rings. The summed E-state index contributed by atoms with van der Waals surface area (Å²) in [5.41, 5.74) is 9.02. The Morgan fingerprint density at radius 2 is 2.14 bits per heavy atom. The molecule has 0 amide bonds. The molecule has 21 heavy (non-hydrogen) atoms. The first kappa shape index (κ1) is 15.7. The Labute approximate surface area is 131 Å². The van der Waals surface area contributed by atoms with Gasteiger partial charge in [-0.15, -0.1) is 0 Å². The normalized spacial score (nSPS) is 12.4. The highest BCUT2D eigenvalue weighted by Crippen LogP contribution is 2.32. The van der Waals surface area contributed by atoms with Gasteiger partial charge < -0.3 is 10.6 Å². The zero-order chi connectivity index (χ0) is 15.6. The summed E-state index contributed by atoms with van der Waals surface area (Å²) >= 11 is 6.10. The van der Waals surface area contributed by atoms with Gasteiger partial charge in [-0.2, -0.15) is 5.10 Å². The predicted octanol–water partition coefficient (Wildman–Crippen LogP) is 4.03. The van der Waals surface area contributed by atoms with Crippen LogP contribution in [0.2, 0.25) is 5.02 Å². The molecule has 2 rings (SSSR count). The summed E-state index contributed by atoms with van der Waals surface area (Å²) < 4.78 is 1.99. The fraction of sp³-hybridized carbons (Fsp3) is 0.438. The lowest BCUT2D eigenvalue weighted by Crippen LogP contribution is -2.25. The number of halogens is 1. The highest BCUT2D eigenvalue weighted by Gasteiger charge is 2.21. The molecule has 1 heterocycles. The largest absolute Gasteiger partial charge is 0.394 e. The van der Waals surface area contributed by atoms with Gasteiger partial charge in [-0.3, -0.25) is 0 Å². The number of nitrogen functional groups attached to an aromatic ring is 1. The maximum Gasteiger partial charge on any atom is 0.150 e. The zero-order valence-electron chi connectivity index (χ0n) is 13.1. The number of anilines is 2. The van der Waals surface area contributed by atoms with Crippen LogP contribution >= 0.6 is 11.6 Å². The Hall–Kier alpha value is -1.68. The molecule has 114 valence electrons. The first-order valence-electron chi connectivity index (χ1n) is 7.26. The van der Waals surface area contributed by atoms with Crippen molar-refractivity contribution in [3.8, 4) is 0 Å². The summed E-state index contributed by atoms with van der Waals surface area (Å²) in [5, 5.41) is 5.29. The van der Waals surface area contributed by atoms with E-state index < -0.39 is 0 Å². The first-order valence-corrected chi connectivity index (χ1v) is 7.64. The van der Waals surface area contributed by atoms with Crippen molar-refractivity contribution >= 4 is 23.1 Å².